The topological polar surface area (TPSA) is 134 Å². The zero-order valence-electron chi connectivity index (χ0n) is 14.4. The first-order valence-electron chi connectivity index (χ1n) is 7.97. The van der Waals surface area contributed by atoms with Crippen molar-refractivity contribution >= 4 is 23.2 Å². The number of hydrogen-bond acceptors (Lipinski definition) is 7. The molecule has 1 amide bonds. The molecular formula is C17H19N7O2. The highest BCUT2D eigenvalue weighted by Gasteiger charge is 2.19. The molecule has 9 heteroatoms. The van der Waals surface area contributed by atoms with Gasteiger partial charge >= 0.3 is 0 Å². The van der Waals surface area contributed by atoms with E-state index in [1.807, 2.05) is 6.92 Å². The molecule has 0 aliphatic carbocycles. The Morgan fingerprint density at radius 1 is 1.31 bits per heavy atom. The number of rotatable bonds is 6. The molecule has 0 aliphatic heterocycles. The third-order valence-electron chi connectivity index (χ3n) is 3.53. The zero-order chi connectivity index (χ0) is 18.7. The Labute approximate surface area is 150 Å². The van der Waals surface area contributed by atoms with Crippen molar-refractivity contribution in [3.63, 3.8) is 0 Å². The number of aromatic nitrogens is 4. The molecule has 3 aromatic rings. The van der Waals surface area contributed by atoms with Crippen LogP contribution in [0.2, 0.25) is 0 Å². The highest BCUT2D eigenvalue weighted by molar-refractivity contribution is 5.96. The smallest absolute Gasteiger partial charge is 0.271 e. The molecule has 0 atom stereocenters. The summed E-state index contributed by atoms with van der Waals surface area (Å²) >= 11 is 0. The number of aryl methyl sites for hydroxylation is 2. The van der Waals surface area contributed by atoms with E-state index in [1.165, 1.54) is 0 Å². The molecule has 5 N–H and O–H groups in total. The van der Waals surface area contributed by atoms with Gasteiger partial charge in [0.2, 0.25) is 5.88 Å². The van der Waals surface area contributed by atoms with Gasteiger partial charge in [0.05, 0.1) is 0 Å². The van der Waals surface area contributed by atoms with Crippen molar-refractivity contribution in [1.29, 1.82) is 0 Å². The van der Waals surface area contributed by atoms with Crippen LogP contribution in [0.15, 0.2) is 36.5 Å². The molecule has 0 saturated heterocycles. The molecule has 0 fully saturated rings. The molecule has 0 bridgehead atoms. The fourth-order valence-electron chi connectivity index (χ4n) is 2.32. The van der Waals surface area contributed by atoms with Crippen LogP contribution in [0.5, 0.6) is 11.6 Å². The SMILES string of the molecule is CCc1nc(C(N)=O)c(Nc2ccn(C)n2)nc1Oc1cccc(N)c1. The van der Waals surface area contributed by atoms with Gasteiger partial charge < -0.3 is 21.5 Å². The summed E-state index contributed by atoms with van der Waals surface area (Å²) < 4.78 is 7.44. The second-order valence-electron chi connectivity index (χ2n) is 5.56. The minimum absolute atomic E-state index is 0.0208. The predicted molar refractivity (Wildman–Crippen MR) is 97.3 cm³/mol. The van der Waals surface area contributed by atoms with Crippen molar-refractivity contribution in [1.82, 2.24) is 19.7 Å². The van der Waals surface area contributed by atoms with Gasteiger partial charge in [-0.05, 0) is 18.6 Å². The van der Waals surface area contributed by atoms with E-state index < -0.39 is 5.91 Å². The van der Waals surface area contributed by atoms with Gasteiger partial charge in [0.1, 0.15) is 11.4 Å². The predicted octanol–water partition coefficient (Wildman–Crippen LogP) is 1.99. The second-order valence-corrected chi connectivity index (χ2v) is 5.56. The summed E-state index contributed by atoms with van der Waals surface area (Å²) in [5.41, 5.74) is 12.3. The molecule has 2 aromatic heterocycles. The summed E-state index contributed by atoms with van der Waals surface area (Å²) in [7, 11) is 1.78. The Morgan fingerprint density at radius 2 is 2.12 bits per heavy atom. The normalized spacial score (nSPS) is 10.5. The van der Waals surface area contributed by atoms with Crippen LogP contribution in [0.3, 0.4) is 0 Å². The summed E-state index contributed by atoms with van der Waals surface area (Å²) in [5.74, 6) is 0.767. The van der Waals surface area contributed by atoms with Crippen LogP contribution in [0.25, 0.3) is 0 Å². The highest BCUT2D eigenvalue weighted by atomic mass is 16.5. The lowest BCUT2D eigenvalue weighted by Gasteiger charge is -2.13. The van der Waals surface area contributed by atoms with Crippen LogP contribution in [0.4, 0.5) is 17.3 Å². The molecule has 134 valence electrons. The van der Waals surface area contributed by atoms with Crippen LogP contribution < -0.4 is 21.5 Å². The molecular weight excluding hydrogens is 334 g/mol. The number of nitrogens with zero attached hydrogens (tertiary/aromatic N) is 4. The number of nitrogen functional groups attached to an aromatic ring is 1. The first kappa shape index (κ1) is 17.2. The van der Waals surface area contributed by atoms with Gasteiger partial charge in [-0.1, -0.05) is 13.0 Å². The number of ether oxygens (including phenoxy) is 1. The third kappa shape index (κ3) is 3.72. The lowest BCUT2D eigenvalue weighted by atomic mass is 10.3. The molecule has 2 heterocycles. The molecule has 1 aromatic carbocycles. The lowest BCUT2D eigenvalue weighted by Crippen LogP contribution is -2.18. The standard InChI is InChI=1S/C17H19N7O2/c1-3-12-17(26-11-6-4-5-10(18)9-11)22-16(14(20-12)15(19)25)21-13-7-8-24(2)23-13/h4-9H,3,18H2,1-2H3,(H2,19,25)(H,21,22,23). The fourth-order valence-corrected chi connectivity index (χ4v) is 2.32. The summed E-state index contributed by atoms with van der Waals surface area (Å²) in [4.78, 5) is 20.5. The Bertz CT molecular complexity index is 952. The second kappa shape index (κ2) is 7.09. The van der Waals surface area contributed by atoms with E-state index in [9.17, 15) is 4.79 Å². The Hall–Kier alpha value is -3.62. The molecule has 0 saturated carbocycles. The maximum absolute atomic E-state index is 11.8. The molecule has 9 nitrogen and oxygen atoms in total. The molecule has 3 rings (SSSR count). The van der Waals surface area contributed by atoms with Gasteiger partial charge in [0, 0.05) is 31.1 Å². The summed E-state index contributed by atoms with van der Waals surface area (Å²) in [6, 6.07) is 8.69. The largest absolute Gasteiger partial charge is 0.437 e. The van der Waals surface area contributed by atoms with Crippen molar-refractivity contribution in [2.45, 2.75) is 13.3 Å². The van der Waals surface area contributed by atoms with E-state index >= 15 is 0 Å². The quantitative estimate of drug-likeness (QED) is 0.577. The van der Waals surface area contributed by atoms with Crippen molar-refractivity contribution in [3.05, 3.63) is 47.9 Å². The number of amides is 1. The van der Waals surface area contributed by atoms with Crippen LogP contribution in [-0.2, 0) is 13.5 Å². The van der Waals surface area contributed by atoms with Crippen molar-refractivity contribution in [2.75, 3.05) is 11.1 Å². The number of benzene rings is 1. The van der Waals surface area contributed by atoms with Crippen LogP contribution >= 0.6 is 0 Å². The maximum Gasteiger partial charge on any atom is 0.271 e. The van der Waals surface area contributed by atoms with Crippen LogP contribution in [0, 0.1) is 0 Å². The van der Waals surface area contributed by atoms with Crippen molar-refractivity contribution < 1.29 is 9.53 Å². The van der Waals surface area contributed by atoms with E-state index in [-0.39, 0.29) is 17.4 Å². The average molecular weight is 353 g/mol. The first-order chi connectivity index (χ1) is 12.5. The van der Waals surface area contributed by atoms with Gasteiger partial charge in [-0.25, -0.2) is 4.98 Å². The molecule has 0 spiro atoms. The number of nitrogens with one attached hydrogen (secondary N) is 1. The summed E-state index contributed by atoms with van der Waals surface area (Å²) in [6.45, 7) is 1.88. The molecule has 0 radical (unpaired) electrons. The lowest BCUT2D eigenvalue weighted by molar-refractivity contribution is 0.0996. The monoisotopic (exact) mass is 353 g/mol. The van der Waals surface area contributed by atoms with E-state index in [0.717, 1.165) is 0 Å². The third-order valence-corrected chi connectivity index (χ3v) is 3.53. The van der Waals surface area contributed by atoms with E-state index in [0.29, 0.717) is 29.4 Å². The Balaban J connectivity index is 2.02. The minimum atomic E-state index is -0.693. The Kier molecular flexibility index (Phi) is 4.70. The minimum Gasteiger partial charge on any atom is -0.437 e. The number of carbonyl (C=O) groups excluding carboxylic acids is 1. The van der Waals surface area contributed by atoms with Crippen molar-refractivity contribution in [3.8, 4) is 11.6 Å². The van der Waals surface area contributed by atoms with Gasteiger partial charge in [0.15, 0.2) is 17.3 Å². The fraction of sp³-hybridized carbons (Fsp3) is 0.176. The summed E-state index contributed by atoms with van der Waals surface area (Å²) in [5, 5.41) is 7.16. The number of primary amides is 1. The van der Waals surface area contributed by atoms with Crippen LogP contribution in [0.1, 0.15) is 23.1 Å². The number of nitrogens with two attached hydrogens (primary N) is 2. The Morgan fingerprint density at radius 3 is 2.73 bits per heavy atom. The van der Waals surface area contributed by atoms with Gasteiger partial charge in [0.25, 0.3) is 5.91 Å². The zero-order valence-corrected chi connectivity index (χ0v) is 14.4. The van der Waals surface area contributed by atoms with E-state index in [2.05, 4.69) is 20.4 Å². The summed E-state index contributed by atoms with van der Waals surface area (Å²) in [6.07, 6.45) is 2.26. The van der Waals surface area contributed by atoms with Gasteiger partial charge in [-0.3, -0.25) is 9.48 Å². The average Bonchev–Trinajstić information content (AvgIpc) is 3.00. The molecule has 0 unspecified atom stereocenters. The number of carbonyl (C=O) groups is 1. The number of anilines is 3. The van der Waals surface area contributed by atoms with Crippen molar-refractivity contribution in [2.24, 2.45) is 12.8 Å². The maximum atomic E-state index is 11.8. The first-order valence-corrected chi connectivity index (χ1v) is 7.97. The van der Waals surface area contributed by atoms with E-state index in [1.54, 1.807) is 48.3 Å². The molecule has 26 heavy (non-hydrogen) atoms. The van der Waals surface area contributed by atoms with Crippen LogP contribution in [-0.4, -0.2) is 25.7 Å². The van der Waals surface area contributed by atoms with Gasteiger partial charge in [-0.15, -0.1) is 0 Å². The van der Waals surface area contributed by atoms with E-state index in [4.69, 9.17) is 16.2 Å². The highest BCUT2D eigenvalue weighted by Crippen LogP contribution is 2.28. The molecule has 0 aliphatic rings. The van der Waals surface area contributed by atoms with Gasteiger partial charge in [-0.2, -0.15) is 10.1 Å². The number of hydrogen-bond donors (Lipinski definition) is 3.